The quantitative estimate of drug-likeness (QED) is 0.890. The topological polar surface area (TPSA) is 62.0 Å². The molecule has 110 valence electrons. The number of halogens is 1. The first-order chi connectivity index (χ1) is 10.0. The number of H-pyrrole nitrogens is 1. The molecule has 0 saturated heterocycles. The van der Waals surface area contributed by atoms with Crippen molar-refractivity contribution in [3.8, 4) is 0 Å². The van der Waals surface area contributed by atoms with E-state index in [-0.39, 0.29) is 22.9 Å². The molecule has 1 aromatic carbocycles. The largest absolute Gasteiger partial charge is 0.364 e. The molecule has 1 atom stereocenters. The van der Waals surface area contributed by atoms with E-state index in [1.165, 1.54) is 12.3 Å². The molecule has 1 unspecified atom stereocenters. The van der Waals surface area contributed by atoms with Crippen molar-refractivity contribution < 1.29 is 4.79 Å². The number of aromatic amines is 1. The van der Waals surface area contributed by atoms with Gasteiger partial charge in [-0.1, -0.05) is 41.1 Å². The fourth-order valence-electron chi connectivity index (χ4n) is 2.14. The number of amides is 1. The molecule has 1 heterocycles. The van der Waals surface area contributed by atoms with Crippen molar-refractivity contribution in [2.75, 3.05) is 0 Å². The van der Waals surface area contributed by atoms with E-state index in [1.807, 2.05) is 31.2 Å². The van der Waals surface area contributed by atoms with E-state index in [4.69, 9.17) is 0 Å². The lowest BCUT2D eigenvalue weighted by Gasteiger charge is -2.18. The zero-order valence-corrected chi connectivity index (χ0v) is 13.5. The van der Waals surface area contributed by atoms with Gasteiger partial charge < -0.3 is 10.3 Å². The summed E-state index contributed by atoms with van der Waals surface area (Å²) in [5.74, 6) is -0.362. The predicted molar refractivity (Wildman–Crippen MR) is 86.4 cm³/mol. The molecule has 0 aliphatic heterocycles. The molecule has 0 bridgehead atoms. The average Bonchev–Trinajstić information content (AvgIpc) is 2.45. The highest BCUT2D eigenvalue weighted by atomic mass is 79.9. The van der Waals surface area contributed by atoms with E-state index in [0.717, 1.165) is 22.2 Å². The van der Waals surface area contributed by atoms with E-state index in [0.29, 0.717) is 0 Å². The van der Waals surface area contributed by atoms with E-state index in [2.05, 4.69) is 26.2 Å². The van der Waals surface area contributed by atoms with Crippen molar-refractivity contribution in [3.63, 3.8) is 0 Å². The van der Waals surface area contributed by atoms with Crippen molar-refractivity contribution in [2.24, 2.45) is 0 Å². The Morgan fingerprint density at radius 1 is 1.38 bits per heavy atom. The summed E-state index contributed by atoms with van der Waals surface area (Å²) >= 11 is 3.49. The van der Waals surface area contributed by atoms with Crippen molar-refractivity contribution in [2.45, 2.75) is 26.3 Å². The number of hydrogen-bond acceptors (Lipinski definition) is 2. The monoisotopic (exact) mass is 348 g/mol. The van der Waals surface area contributed by atoms with E-state index >= 15 is 0 Å². The molecule has 2 rings (SSSR count). The fraction of sp³-hybridized carbons (Fsp3) is 0.250. The Labute approximate surface area is 131 Å². The van der Waals surface area contributed by atoms with Gasteiger partial charge in [-0.25, -0.2) is 0 Å². The van der Waals surface area contributed by atoms with Crippen LogP contribution >= 0.6 is 15.9 Å². The normalized spacial score (nSPS) is 12.0. The second-order valence-electron chi connectivity index (χ2n) is 4.85. The molecule has 0 fully saturated rings. The molecule has 2 aromatic rings. The molecular formula is C16H17BrN2O2. The minimum absolute atomic E-state index is 0.131. The number of hydrogen-bond donors (Lipinski definition) is 2. The molecular weight excluding hydrogens is 332 g/mol. The highest BCUT2D eigenvalue weighted by Crippen LogP contribution is 2.25. The molecule has 1 aromatic heterocycles. The Balaban J connectivity index is 2.25. The smallest absolute Gasteiger partial charge is 0.257 e. The standard InChI is InChI=1S/C16H17BrN2O2/c1-3-14(11-6-4-5-7-13(11)17)19-16(21)12-9-18-10(2)8-15(12)20/h4-9,14H,3H2,1-2H3,(H,18,20)(H,19,21). The van der Waals surface area contributed by atoms with Crippen molar-refractivity contribution in [3.05, 3.63) is 68.0 Å². The van der Waals surface area contributed by atoms with E-state index in [9.17, 15) is 9.59 Å². The molecule has 0 spiro atoms. The molecule has 1 amide bonds. The van der Waals surface area contributed by atoms with Crippen LogP contribution in [0.2, 0.25) is 0 Å². The van der Waals surface area contributed by atoms with Gasteiger partial charge in [-0.3, -0.25) is 9.59 Å². The molecule has 0 aliphatic carbocycles. The summed E-state index contributed by atoms with van der Waals surface area (Å²) in [5.41, 5.74) is 1.59. The van der Waals surface area contributed by atoms with Crippen LogP contribution in [0.25, 0.3) is 0 Å². The van der Waals surface area contributed by atoms with Crippen LogP contribution in [-0.4, -0.2) is 10.9 Å². The van der Waals surface area contributed by atoms with Gasteiger partial charge in [-0.05, 0) is 25.0 Å². The summed E-state index contributed by atoms with van der Waals surface area (Å²) in [7, 11) is 0. The summed E-state index contributed by atoms with van der Waals surface area (Å²) in [5, 5.41) is 2.91. The molecule has 0 saturated carbocycles. The van der Waals surface area contributed by atoms with Crippen molar-refractivity contribution >= 4 is 21.8 Å². The Kier molecular flexibility index (Phi) is 4.96. The molecule has 4 nitrogen and oxygen atoms in total. The number of carbonyl (C=O) groups excluding carboxylic acids is 1. The Morgan fingerprint density at radius 2 is 2.10 bits per heavy atom. The summed E-state index contributed by atoms with van der Waals surface area (Å²) < 4.78 is 0.940. The van der Waals surface area contributed by atoms with Gasteiger partial charge in [0.15, 0.2) is 5.43 Å². The Hall–Kier alpha value is -1.88. The third-order valence-electron chi connectivity index (χ3n) is 3.30. The molecule has 5 heteroatoms. The van der Waals surface area contributed by atoms with Crippen LogP contribution in [0.15, 0.2) is 45.8 Å². The third kappa shape index (κ3) is 3.61. The van der Waals surface area contributed by atoms with Gasteiger partial charge in [0.05, 0.1) is 6.04 Å². The highest BCUT2D eigenvalue weighted by molar-refractivity contribution is 9.10. The van der Waals surface area contributed by atoms with Crippen LogP contribution in [0.3, 0.4) is 0 Å². The zero-order chi connectivity index (χ0) is 15.4. The van der Waals surface area contributed by atoms with Gasteiger partial charge in [-0.15, -0.1) is 0 Å². The Bertz CT molecular complexity index is 709. The first-order valence-electron chi connectivity index (χ1n) is 6.77. The SMILES string of the molecule is CCC(NC(=O)c1c[nH]c(C)cc1=O)c1ccccc1Br. The van der Waals surface area contributed by atoms with E-state index < -0.39 is 0 Å². The van der Waals surface area contributed by atoms with Gasteiger partial charge in [0.25, 0.3) is 5.91 Å². The van der Waals surface area contributed by atoms with Crippen LogP contribution in [0.1, 0.15) is 41.0 Å². The van der Waals surface area contributed by atoms with E-state index in [1.54, 1.807) is 6.92 Å². The molecule has 0 radical (unpaired) electrons. The number of rotatable bonds is 4. The number of benzene rings is 1. The number of carbonyl (C=O) groups is 1. The second-order valence-corrected chi connectivity index (χ2v) is 5.70. The Morgan fingerprint density at radius 3 is 2.71 bits per heavy atom. The van der Waals surface area contributed by atoms with Crippen LogP contribution in [0.4, 0.5) is 0 Å². The van der Waals surface area contributed by atoms with Crippen LogP contribution in [0.5, 0.6) is 0 Å². The van der Waals surface area contributed by atoms with Crippen LogP contribution in [-0.2, 0) is 0 Å². The van der Waals surface area contributed by atoms with Gasteiger partial charge in [0.2, 0.25) is 0 Å². The molecule has 0 aliphatic rings. The number of aromatic nitrogens is 1. The summed E-state index contributed by atoms with van der Waals surface area (Å²) in [4.78, 5) is 27.0. The zero-order valence-electron chi connectivity index (χ0n) is 11.9. The predicted octanol–water partition coefficient (Wildman–Crippen LogP) is 3.33. The number of pyridine rings is 1. The first kappa shape index (κ1) is 15.5. The average molecular weight is 349 g/mol. The third-order valence-corrected chi connectivity index (χ3v) is 4.02. The lowest BCUT2D eigenvalue weighted by atomic mass is 10.0. The maximum atomic E-state index is 12.3. The van der Waals surface area contributed by atoms with Gasteiger partial charge >= 0.3 is 0 Å². The second kappa shape index (κ2) is 6.72. The van der Waals surface area contributed by atoms with Crippen molar-refractivity contribution in [1.29, 1.82) is 0 Å². The van der Waals surface area contributed by atoms with Crippen LogP contribution < -0.4 is 10.7 Å². The highest BCUT2D eigenvalue weighted by Gasteiger charge is 2.17. The maximum absolute atomic E-state index is 12.3. The first-order valence-corrected chi connectivity index (χ1v) is 7.56. The molecule has 21 heavy (non-hydrogen) atoms. The van der Waals surface area contributed by atoms with Gasteiger partial charge in [0.1, 0.15) is 5.56 Å². The summed E-state index contributed by atoms with van der Waals surface area (Å²) in [6.45, 7) is 3.77. The lowest BCUT2D eigenvalue weighted by molar-refractivity contribution is 0.0934. The van der Waals surface area contributed by atoms with Crippen molar-refractivity contribution in [1.82, 2.24) is 10.3 Å². The fourth-order valence-corrected chi connectivity index (χ4v) is 2.71. The van der Waals surface area contributed by atoms with Gasteiger partial charge in [-0.2, -0.15) is 0 Å². The number of aryl methyl sites for hydroxylation is 1. The number of nitrogens with one attached hydrogen (secondary N) is 2. The lowest BCUT2D eigenvalue weighted by Crippen LogP contribution is -2.32. The maximum Gasteiger partial charge on any atom is 0.257 e. The summed E-state index contributed by atoms with van der Waals surface area (Å²) in [6.07, 6.45) is 2.19. The minimum Gasteiger partial charge on any atom is -0.364 e. The van der Waals surface area contributed by atoms with Crippen LogP contribution in [0, 0.1) is 6.92 Å². The molecule has 2 N–H and O–H groups in total. The van der Waals surface area contributed by atoms with Gasteiger partial charge in [0, 0.05) is 22.4 Å². The summed E-state index contributed by atoms with van der Waals surface area (Å²) in [6, 6.07) is 9.02. The minimum atomic E-state index is -0.362.